The molecule has 0 fully saturated rings. The highest BCUT2D eigenvalue weighted by molar-refractivity contribution is 7.27. The smallest absolute Gasteiger partial charge is 0.159 e. The minimum atomic E-state index is 0.116. The standard InChI is InChI=1S/C8H9OP/c1-6(9)7-2-4-8(10)5-3-7/h2-5H,10H2,1H3. The van der Waals surface area contributed by atoms with Crippen molar-refractivity contribution in [2.45, 2.75) is 6.92 Å². The van der Waals surface area contributed by atoms with Gasteiger partial charge >= 0.3 is 0 Å². The highest BCUT2D eigenvalue weighted by Gasteiger charge is 1.95. The van der Waals surface area contributed by atoms with Crippen LogP contribution in [0.2, 0.25) is 0 Å². The quantitative estimate of drug-likeness (QED) is 0.439. The molecule has 0 aliphatic heterocycles. The van der Waals surface area contributed by atoms with Gasteiger partial charge in [-0.25, -0.2) is 0 Å². The van der Waals surface area contributed by atoms with Crippen LogP contribution in [0, 0.1) is 0 Å². The largest absolute Gasteiger partial charge is 0.295 e. The first kappa shape index (κ1) is 7.43. The summed E-state index contributed by atoms with van der Waals surface area (Å²) in [4.78, 5) is 10.7. The molecule has 0 bridgehead atoms. The summed E-state index contributed by atoms with van der Waals surface area (Å²) in [6.45, 7) is 1.57. The van der Waals surface area contributed by atoms with E-state index in [2.05, 4.69) is 9.24 Å². The molecule has 0 saturated carbocycles. The second-order valence-corrected chi connectivity index (χ2v) is 2.84. The van der Waals surface area contributed by atoms with Gasteiger partial charge in [-0.1, -0.05) is 24.3 Å². The van der Waals surface area contributed by atoms with Gasteiger partial charge in [0.05, 0.1) is 0 Å². The van der Waals surface area contributed by atoms with Crippen molar-refractivity contribution in [2.75, 3.05) is 0 Å². The van der Waals surface area contributed by atoms with Crippen molar-refractivity contribution in [3.63, 3.8) is 0 Å². The summed E-state index contributed by atoms with van der Waals surface area (Å²) in [5, 5.41) is 1.10. The number of carbonyl (C=O) groups is 1. The maximum Gasteiger partial charge on any atom is 0.159 e. The van der Waals surface area contributed by atoms with Crippen LogP contribution in [0.4, 0.5) is 0 Å². The molecule has 1 aromatic rings. The van der Waals surface area contributed by atoms with E-state index in [1.165, 1.54) is 0 Å². The summed E-state index contributed by atoms with van der Waals surface area (Å²) in [5.41, 5.74) is 0.770. The lowest BCUT2D eigenvalue weighted by Gasteiger charge is -1.93. The van der Waals surface area contributed by atoms with Crippen LogP contribution in [0.3, 0.4) is 0 Å². The van der Waals surface area contributed by atoms with Gasteiger partial charge < -0.3 is 0 Å². The average molecular weight is 152 g/mol. The molecule has 0 amide bonds. The first-order chi connectivity index (χ1) is 4.70. The van der Waals surface area contributed by atoms with Crippen molar-refractivity contribution in [1.29, 1.82) is 0 Å². The number of hydrogen-bond donors (Lipinski definition) is 0. The molecule has 0 N–H and O–H groups in total. The molecule has 1 aromatic carbocycles. The number of ketones is 1. The van der Waals surface area contributed by atoms with Crippen LogP contribution in [0.15, 0.2) is 24.3 Å². The van der Waals surface area contributed by atoms with Crippen molar-refractivity contribution in [2.24, 2.45) is 0 Å². The highest BCUT2D eigenvalue weighted by atomic mass is 31.0. The van der Waals surface area contributed by atoms with E-state index in [-0.39, 0.29) is 5.78 Å². The molecule has 1 nitrogen and oxygen atoms in total. The lowest BCUT2D eigenvalue weighted by molar-refractivity contribution is 0.101. The molecule has 10 heavy (non-hydrogen) atoms. The Morgan fingerprint density at radius 3 is 2.20 bits per heavy atom. The highest BCUT2D eigenvalue weighted by Crippen LogP contribution is 1.99. The van der Waals surface area contributed by atoms with Crippen LogP contribution in [0.1, 0.15) is 17.3 Å². The van der Waals surface area contributed by atoms with Gasteiger partial charge in [0.1, 0.15) is 0 Å². The fourth-order valence-electron chi connectivity index (χ4n) is 0.718. The van der Waals surface area contributed by atoms with Gasteiger partial charge in [-0.2, -0.15) is 0 Å². The molecular formula is C8H9OP. The molecule has 1 unspecified atom stereocenters. The van der Waals surface area contributed by atoms with Crippen molar-refractivity contribution in [3.8, 4) is 0 Å². The minimum absolute atomic E-state index is 0.116. The van der Waals surface area contributed by atoms with E-state index in [1.807, 2.05) is 24.3 Å². The molecule has 0 saturated heterocycles. The van der Waals surface area contributed by atoms with E-state index in [0.717, 1.165) is 10.9 Å². The van der Waals surface area contributed by atoms with Crippen LogP contribution in [0.25, 0.3) is 0 Å². The number of benzene rings is 1. The fraction of sp³-hybridized carbons (Fsp3) is 0.125. The molecule has 0 spiro atoms. The SMILES string of the molecule is CC(=O)c1ccc(P)cc1. The van der Waals surface area contributed by atoms with Gasteiger partial charge in [-0.05, 0) is 12.2 Å². The predicted octanol–water partition coefficient (Wildman–Crippen LogP) is 1.39. The molecule has 0 aliphatic carbocycles. The van der Waals surface area contributed by atoms with Crippen molar-refractivity contribution in [1.82, 2.24) is 0 Å². The van der Waals surface area contributed by atoms with Gasteiger partial charge in [-0.3, -0.25) is 4.79 Å². The Balaban J connectivity index is 3.00. The Kier molecular flexibility index (Phi) is 2.18. The summed E-state index contributed by atoms with van der Waals surface area (Å²) < 4.78 is 0. The molecule has 1 atom stereocenters. The minimum Gasteiger partial charge on any atom is -0.295 e. The maximum atomic E-state index is 10.7. The molecule has 52 valence electrons. The Hall–Kier alpha value is -0.680. The zero-order valence-electron chi connectivity index (χ0n) is 5.79. The van der Waals surface area contributed by atoms with E-state index in [1.54, 1.807) is 6.92 Å². The molecule has 2 heteroatoms. The number of rotatable bonds is 1. The molecule has 0 aliphatic rings. The Morgan fingerprint density at radius 1 is 1.30 bits per heavy atom. The van der Waals surface area contributed by atoms with Crippen LogP contribution in [-0.4, -0.2) is 5.78 Å². The first-order valence-electron chi connectivity index (χ1n) is 3.06. The molecule has 0 radical (unpaired) electrons. The maximum absolute atomic E-state index is 10.7. The third-order valence-corrected chi connectivity index (χ3v) is 1.70. The van der Waals surface area contributed by atoms with Crippen LogP contribution >= 0.6 is 9.24 Å². The zero-order valence-corrected chi connectivity index (χ0v) is 6.95. The summed E-state index contributed by atoms with van der Waals surface area (Å²) in [5.74, 6) is 0.116. The molecule has 0 heterocycles. The fourth-order valence-corrected chi connectivity index (χ4v) is 0.910. The Labute approximate surface area is 62.7 Å². The topological polar surface area (TPSA) is 17.1 Å². The van der Waals surface area contributed by atoms with Crippen molar-refractivity contribution < 1.29 is 4.79 Å². The molecule has 0 aromatic heterocycles. The number of carbonyl (C=O) groups excluding carboxylic acids is 1. The van der Waals surface area contributed by atoms with Crippen LogP contribution in [0.5, 0.6) is 0 Å². The third kappa shape index (κ3) is 1.65. The second-order valence-electron chi connectivity index (χ2n) is 2.18. The summed E-state index contributed by atoms with van der Waals surface area (Å²) >= 11 is 0. The van der Waals surface area contributed by atoms with E-state index in [9.17, 15) is 4.79 Å². The van der Waals surface area contributed by atoms with Crippen LogP contribution < -0.4 is 5.30 Å². The Bertz CT molecular complexity index is 238. The molecule has 1 rings (SSSR count). The zero-order chi connectivity index (χ0) is 7.56. The summed E-state index contributed by atoms with van der Waals surface area (Å²) in [7, 11) is 2.57. The normalized spacial score (nSPS) is 9.40. The average Bonchev–Trinajstić information content (AvgIpc) is 1.88. The number of Topliss-reactive ketones (excluding diaryl/α,β-unsaturated/α-hetero) is 1. The summed E-state index contributed by atoms with van der Waals surface area (Å²) in [6.07, 6.45) is 0. The van der Waals surface area contributed by atoms with Gasteiger partial charge in [0, 0.05) is 5.56 Å². The van der Waals surface area contributed by atoms with E-state index < -0.39 is 0 Å². The number of hydrogen-bond acceptors (Lipinski definition) is 1. The lowest BCUT2D eigenvalue weighted by Crippen LogP contribution is -1.94. The van der Waals surface area contributed by atoms with E-state index in [4.69, 9.17) is 0 Å². The monoisotopic (exact) mass is 152 g/mol. The Morgan fingerprint density at radius 2 is 1.80 bits per heavy atom. The first-order valence-corrected chi connectivity index (χ1v) is 3.64. The van der Waals surface area contributed by atoms with E-state index >= 15 is 0 Å². The van der Waals surface area contributed by atoms with Crippen molar-refractivity contribution >= 4 is 20.3 Å². The van der Waals surface area contributed by atoms with Gasteiger partial charge in [-0.15, -0.1) is 9.24 Å². The third-order valence-electron chi connectivity index (χ3n) is 1.32. The van der Waals surface area contributed by atoms with E-state index in [0.29, 0.717) is 0 Å². The van der Waals surface area contributed by atoms with Gasteiger partial charge in [0.25, 0.3) is 0 Å². The summed E-state index contributed by atoms with van der Waals surface area (Å²) in [6, 6.07) is 7.46. The van der Waals surface area contributed by atoms with Gasteiger partial charge in [0.15, 0.2) is 5.78 Å². The van der Waals surface area contributed by atoms with Gasteiger partial charge in [0.2, 0.25) is 0 Å². The predicted molar refractivity (Wildman–Crippen MR) is 45.8 cm³/mol. The second kappa shape index (κ2) is 2.94. The lowest BCUT2D eigenvalue weighted by atomic mass is 10.2. The van der Waals surface area contributed by atoms with Crippen molar-refractivity contribution in [3.05, 3.63) is 29.8 Å². The molecular weight excluding hydrogens is 143 g/mol. The van der Waals surface area contributed by atoms with Crippen LogP contribution in [-0.2, 0) is 0 Å².